The molecule has 2 aliphatic rings. The molecule has 7 heteroatoms. The third-order valence-corrected chi connectivity index (χ3v) is 5.24. The van der Waals surface area contributed by atoms with Gasteiger partial charge in [-0.25, -0.2) is 8.42 Å². The van der Waals surface area contributed by atoms with E-state index in [0.717, 1.165) is 5.69 Å². The van der Waals surface area contributed by atoms with Gasteiger partial charge in [-0.1, -0.05) is 18.2 Å². The number of nitrogens with one attached hydrogen (secondary N) is 2. The number of hydrazine groups is 1. The monoisotopic (exact) mass is 283 g/mol. The third kappa shape index (κ3) is 2.04. The summed E-state index contributed by atoms with van der Waals surface area (Å²) in [7, 11) is -2.96. The number of rotatable bonds is 2. The van der Waals surface area contributed by atoms with Crippen molar-refractivity contribution in [1.82, 2.24) is 10.3 Å². The Morgan fingerprint density at radius 1 is 1.28 bits per heavy atom. The number of sulfone groups is 1. The topological polar surface area (TPSA) is 61.4 Å². The quantitative estimate of drug-likeness (QED) is 0.765. The summed E-state index contributed by atoms with van der Waals surface area (Å²) in [6, 6.07) is 9.37. The van der Waals surface area contributed by atoms with Gasteiger partial charge in [0.1, 0.15) is 0 Å². The number of fused-ring (bicyclic) bond motifs is 1. The van der Waals surface area contributed by atoms with Crippen molar-refractivity contribution in [3.8, 4) is 0 Å². The molecular weight excluding hydrogens is 270 g/mol. The van der Waals surface area contributed by atoms with Gasteiger partial charge in [-0.05, 0) is 24.4 Å². The predicted molar refractivity (Wildman–Crippen MR) is 73.9 cm³/mol. The maximum atomic E-state index is 11.6. The van der Waals surface area contributed by atoms with Gasteiger partial charge >= 0.3 is 0 Å². The first-order valence-electron chi connectivity index (χ1n) is 5.67. The van der Waals surface area contributed by atoms with Crippen molar-refractivity contribution >= 4 is 32.9 Å². The molecule has 5 nitrogen and oxygen atoms in total. The molecule has 0 radical (unpaired) electrons. The number of anilines is 1. The molecule has 2 saturated heterocycles. The molecule has 3 rings (SSSR count). The molecule has 18 heavy (non-hydrogen) atoms. The average Bonchev–Trinajstić information content (AvgIpc) is 2.74. The van der Waals surface area contributed by atoms with E-state index < -0.39 is 9.84 Å². The average molecular weight is 283 g/mol. The summed E-state index contributed by atoms with van der Waals surface area (Å²) in [6.45, 7) is 0. The maximum Gasteiger partial charge on any atom is 0.188 e. The summed E-state index contributed by atoms with van der Waals surface area (Å²) in [5, 5.41) is 5.37. The molecule has 0 bridgehead atoms. The molecular formula is C11H13N3O2S2. The van der Waals surface area contributed by atoms with Crippen LogP contribution < -0.4 is 10.7 Å². The lowest BCUT2D eigenvalue weighted by molar-refractivity contribution is 0.410. The Labute approximate surface area is 111 Å². The van der Waals surface area contributed by atoms with Crippen LogP contribution >= 0.6 is 12.2 Å². The second-order valence-corrected chi connectivity index (χ2v) is 7.09. The summed E-state index contributed by atoms with van der Waals surface area (Å²) < 4.78 is 23.2. The Bertz CT molecular complexity index is 573. The molecule has 96 valence electrons. The minimum atomic E-state index is -2.96. The van der Waals surface area contributed by atoms with Gasteiger partial charge in [0.15, 0.2) is 14.9 Å². The van der Waals surface area contributed by atoms with Crippen LogP contribution in [0, 0.1) is 0 Å². The molecule has 0 amide bonds. The predicted octanol–water partition coefficient (Wildman–Crippen LogP) is 0.369. The van der Waals surface area contributed by atoms with Crippen molar-refractivity contribution in [3.05, 3.63) is 30.3 Å². The molecule has 1 aromatic carbocycles. The molecule has 0 spiro atoms. The van der Waals surface area contributed by atoms with E-state index in [1.807, 2.05) is 30.3 Å². The summed E-state index contributed by atoms with van der Waals surface area (Å²) in [5.74, 6) is 0.301. The molecule has 2 heterocycles. The van der Waals surface area contributed by atoms with Gasteiger partial charge in [-0.3, -0.25) is 10.4 Å². The lowest BCUT2D eigenvalue weighted by Gasteiger charge is -2.24. The largest absolute Gasteiger partial charge is 0.355 e. The highest BCUT2D eigenvalue weighted by Crippen LogP contribution is 2.24. The van der Waals surface area contributed by atoms with Crippen molar-refractivity contribution in [2.24, 2.45) is 0 Å². The normalized spacial score (nSPS) is 28.9. The van der Waals surface area contributed by atoms with Crippen LogP contribution in [0.25, 0.3) is 0 Å². The Morgan fingerprint density at radius 3 is 2.72 bits per heavy atom. The lowest BCUT2D eigenvalue weighted by Crippen LogP contribution is -2.41. The van der Waals surface area contributed by atoms with Gasteiger partial charge in [0, 0.05) is 0 Å². The first kappa shape index (κ1) is 11.7. The highest BCUT2D eigenvalue weighted by Gasteiger charge is 2.47. The lowest BCUT2D eigenvalue weighted by atomic mass is 10.2. The van der Waals surface area contributed by atoms with Crippen LogP contribution in [-0.4, -0.2) is 42.1 Å². The van der Waals surface area contributed by atoms with Crippen molar-refractivity contribution in [2.45, 2.75) is 12.1 Å². The maximum absolute atomic E-state index is 11.6. The zero-order valence-corrected chi connectivity index (χ0v) is 11.2. The SMILES string of the molecule is O=S1(=O)C[C@@H]2NC(=S)N(Nc3ccccc3)[C@@H]2C1. The third-order valence-electron chi connectivity index (χ3n) is 3.21. The number of thiocarbonyl (C=S) groups is 1. The number of hydrogen-bond donors (Lipinski definition) is 2. The number of benzene rings is 1. The van der Waals surface area contributed by atoms with E-state index in [2.05, 4.69) is 10.7 Å². The van der Waals surface area contributed by atoms with Crippen molar-refractivity contribution in [2.75, 3.05) is 16.9 Å². The molecule has 0 saturated carbocycles. The minimum absolute atomic E-state index is 0.0984. The Kier molecular flexibility index (Phi) is 2.67. The van der Waals surface area contributed by atoms with E-state index in [4.69, 9.17) is 12.2 Å². The van der Waals surface area contributed by atoms with Gasteiger partial charge < -0.3 is 5.32 Å². The van der Waals surface area contributed by atoms with E-state index >= 15 is 0 Å². The highest BCUT2D eigenvalue weighted by molar-refractivity contribution is 7.91. The Hall–Kier alpha value is -1.34. The van der Waals surface area contributed by atoms with E-state index in [0.29, 0.717) is 5.11 Å². The molecule has 2 aliphatic heterocycles. The first-order chi connectivity index (χ1) is 8.55. The fourth-order valence-electron chi connectivity index (χ4n) is 2.39. The van der Waals surface area contributed by atoms with Gasteiger partial charge in [0.2, 0.25) is 0 Å². The molecule has 0 unspecified atom stereocenters. The molecule has 0 aliphatic carbocycles. The van der Waals surface area contributed by atoms with Crippen molar-refractivity contribution in [1.29, 1.82) is 0 Å². The van der Waals surface area contributed by atoms with Gasteiger partial charge in [0.05, 0.1) is 29.3 Å². The van der Waals surface area contributed by atoms with E-state index in [9.17, 15) is 8.42 Å². The smallest absolute Gasteiger partial charge is 0.188 e. The molecule has 0 aromatic heterocycles. The van der Waals surface area contributed by atoms with E-state index in [1.54, 1.807) is 5.01 Å². The Morgan fingerprint density at radius 2 is 2.00 bits per heavy atom. The van der Waals surface area contributed by atoms with Crippen LogP contribution in [-0.2, 0) is 9.84 Å². The summed E-state index contributed by atoms with van der Waals surface area (Å²) in [4.78, 5) is 0. The highest BCUT2D eigenvalue weighted by atomic mass is 32.2. The van der Waals surface area contributed by atoms with Crippen LogP contribution in [0.4, 0.5) is 5.69 Å². The second-order valence-electron chi connectivity index (χ2n) is 4.55. The van der Waals surface area contributed by atoms with Crippen LogP contribution in [0.3, 0.4) is 0 Å². The van der Waals surface area contributed by atoms with Gasteiger partial charge in [-0.15, -0.1) is 0 Å². The summed E-state index contributed by atoms with van der Waals surface area (Å²) in [5.41, 5.74) is 4.06. The minimum Gasteiger partial charge on any atom is -0.355 e. The van der Waals surface area contributed by atoms with Crippen LogP contribution in [0.5, 0.6) is 0 Å². The summed E-state index contributed by atoms with van der Waals surface area (Å²) in [6.07, 6.45) is 0. The summed E-state index contributed by atoms with van der Waals surface area (Å²) >= 11 is 5.23. The Balaban J connectivity index is 1.82. The number of nitrogens with zero attached hydrogens (tertiary/aromatic N) is 1. The van der Waals surface area contributed by atoms with Crippen LogP contribution in [0.1, 0.15) is 0 Å². The van der Waals surface area contributed by atoms with Crippen LogP contribution in [0.15, 0.2) is 30.3 Å². The van der Waals surface area contributed by atoms with Crippen molar-refractivity contribution in [3.63, 3.8) is 0 Å². The van der Waals surface area contributed by atoms with Gasteiger partial charge in [0.25, 0.3) is 0 Å². The number of para-hydroxylation sites is 1. The van der Waals surface area contributed by atoms with Crippen LogP contribution in [0.2, 0.25) is 0 Å². The molecule has 2 N–H and O–H groups in total. The number of hydrogen-bond acceptors (Lipinski definition) is 4. The second kappa shape index (κ2) is 4.10. The zero-order valence-electron chi connectivity index (χ0n) is 9.54. The zero-order chi connectivity index (χ0) is 12.8. The molecule has 1 aromatic rings. The fourth-order valence-corrected chi connectivity index (χ4v) is 4.61. The van der Waals surface area contributed by atoms with E-state index in [1.165, 1.54) is 0 Å². The molecule has 2 atom stereocenters. The molecule has 2 fully saturated rings. The fraction of sp³-hybridized carbons (Fsp3) is 0.364. The van der Waals surface area contributed by atoms with E-state index in [-0.39, 0.29) is 23.6 Å². The standard InChI is InChI=1S/C11H13N3O2S2/c15-18(16)6-9-10(7-18)14(11(17)12-9)13-8-4-2-1-3-5-8/h1-5,9-10,13H,6-7H2,(H,12,17)/t9-,10+/m0/s1. The first-order valence-corrected chi connectivity index (χ1v) is 7.90. The van der Waals surface area contributed by atoms with Crippen molar-refractivity contribution < 1.29 is 8.42 Å². The van der Waals surface area contributed by atoms with Gasteiger partial charge in [-0.2, -0.15) is 0 Å².